The molecular weight excluding hydrogens is 282 g/mol. The Labute approximate surface area is 131 Å². The number of hydrogen-bond acceptors (Lipinski definition) is 5. The molecular formula is C17H25NO4. The minimum Gasteiger partial charge on any atom is -0.461 e. The molecule has 0 unspecified atom stereocenters. The van der Waals surface area contributed by atoms with Gasteiger partial charge in [-0.15, -0.1) is 0 Å². The average molecular weight is 307 g/mol. The van der Waals surface area contributed by atoms with Crippen molar-refractivity contribution >= 4 is 5.97 Å². The van der Waals surface area contributed by atoms with Gasteiger partial charge in [0.2, 0.25) is 0 Å². The van der Waals surface area contributed by atoms with Crippen molar-refractivity contribution in [3.63, 3.8) is 0 Å². The molecule has 1 aliphatic rings. The van der Waals surface area contributed by atoms with Crippen molar-refractivity contribution in [2.75, 3.05) is 6.54 Å². The lowest BCUT2D eigenvalue weighted by molar-refractivity contribution is -0.300. The average Bonchev–Trinajstić information content (AvgIpc) is 2.45. The normalized spacial score (nSPS) is 24.0. The van der Waals surface area contributed by atoms with Crippen LogP contribution in [-0.4, -0.2) is 30.5 Å². The van der Waals surface area contributed by atoms with E-state index in [2.05, 4.69) is 0 Å². The fraction of sp³-hybridized carbons (Fsp3) is 0.588. The van der Waals surface area contributed by atoms with Gasteiger partial charge < -0.3 is 19.9 Å². The van der Waals surface area contributed by atoms with E-state index >= 15 is 0 Å². The van der Waals surface area contributed by atoms with Crippen LogP contribution in [0.3, 0.4) is 0 Å². The number of nitrogens with two attached hydrogens (primary N) is 1. The minimum absolute atomic E-state index is 0.0284. The molecule has 0 aromatic heterocycles. The molecule has 1 aliphatic heterocycles. The summed E-state index contributed by atoms with van der Waals surface area (Å²) in [4.78, 5) is 12.0. The van der Waals surface area contributed by atoms with Gasteiger partial charge in [-0.05, 0) is 32.4 Å². The molecule has 0 radical (unpaired) electrons. The van der Waals surface area contributed by atoms with Crippen LogP contribution in [-0.2, 0) is 25.6 Å². The summed E-state index contributed by atoms with van der Waals surface area (Å²) in [6.07, 6.45) is 1.51. The second-order valence-corrected chi connectivity index (χ2v) is 6.04. The van der Waals surface area contributed by atoms with Crippen molar-refractivity contribution in [2.45, 2.75) is 57.7 Å². The lowest BCUT2D eigenvalue weighted by Gasteiger charge is -2.40. The number of rotatable bonds is 6. The Hall–Kier alpha value is -1.43. The van der Waals surface area contributed by atoms with Gasteiger partial charge in [0, 0.05) is 6.42 Å². The van der Waals surface area contributed by atoms with Gasteiger partial charge in [-0.1, -0.05) is 30.3 Å². The minimum atomic E-state index is -0.692. The van der Waals surface area contributed by atoms with Gasteiger partial charge in [0.15, 0.2) is 5.79 Å². The first-order chi connectivity index (χ1) is 10.5. The quantitative estimate of drug-likeness (QED) is 0.817. The van der Waals surface area contributed by atoms with Crippen LogP contribution in [0.1, 0.15) is 38.7 Å². The highest BCUT2D eigenvalue weighted by Gasteiger charge is 2.36. The van der Waals surface area contributed by atoms with Crippen molar-refractivity contribution in [2.24, 2.45) is 5.73 Å². The molecule has 0 amide bonds. The molecule has 5 heteroatoms. The molecule has 2 rings (SSSR count). The first-order valence-electron chi connectivity index (χ1n) is 7.74. The van der Waals surface area contributed by atoms with Gasteiger partial charge in [0.05, 0.1) is 18.6 Å². The molecule has 0 bridgehead atoms. The van der Waals surface area contributed by atoms with Crippen molar-refractivity contribution < 1.29 is 19.0 Å². The van der Waals surface area contributed by atoms with Crippen molar-refractivity contribution in [3.8, 4) is 0 Å². The predicted octanol–water partition coefficient (Wildman–Crippen LogP) is 2.38. The first-order valence-corrected chi connectivity index (χ1v) is 7.74. The topological polar surface area (TPSA) is 70.8 Å². The van der Waals surface area contributed by atoms with Gasteiger partial charge in [0.1, 0.15) is 6.61 Å². The van der Waals surface area contributed by atoms with E-state index in [4.69, 9.17) is 19.9 Å². The summed E-state index contributed by atoms with van der Waals surface area (Å²) in [6.45, 7) is 4.57. The maximum atomic E-state index is 12.0. The molecule has 2 N–H and O–H groups in total. The molecule has 1 saturated heterocycles. The molecule has 1 aromatic rings. The number of carbonyl (C=O) groups is 1. The van der Waals surface area contributed by atoms with Gasteiger partial charge in [-0.2, -0.15) is 0 Å². The third-order valence-corrected chi connectivity index (χ3v) is 3.55. The van der Waals surface area contributed by atoms with E-state index in [-0.39, 0.29) is 24.6 Å². The number of carbonyl (C=O) groups excluding carboxylic acids is 1. The Kier molecular flexibility index (Phi) is 5.94. The van der Waals surface area contributed by atoms with E-state index in [9.17, 15) is 4.79 Å². The Morgan fingerprint density at radius 1 is 1.27 bits per heavy atom. The second kappa shape index (κ2) is 7.72. The fourth-order valence-corrected chi connectivity index (χ4v) is 2.69. The highest BCUT2D eigenvalue weighted by Crippen LogP contribution is 2.29. The van der Waals surface area contributed by atoms with E-state index < -0.39 is 5.79 Å². The van der Waals surface area contributed by atoms with E-state index in [1.165, 1.54) is 0 Å². The van der Waals surface area contributed by atoms with E-state index in [1.54, 1.807) is 0 Å². The fourth-order valence-electron chi connectivity index (χ4n) is 2.69. The summed E-state index contributed by atoms with van der Waals surface area (Å²) in [7, 11) is 0. The molecule has 0 aliphatic carbocycles. The molecule has 0 spiro atoms. The van der Waals surface area contributed by atoms with Crippen LogP contribution >= 0.6 is 0 Å². The summed E-state index contributed by atoms with van der Waals surface area (Å²) >= 11 is 0. The van der Waals surface area contributed by atoms with E-state index in [0.29, 0.717) is 19.6 Å². The summed E-state index contributed by atoms with van der Waals surface area (Å²) in [5.74, 6) is -0.944. The highest BCUT2D eigenvalue weighted by molar-refractivity contribution is 5.70. The van der Waals surface area contributed by atoms with Gasteiger partial charge >= 0.3 is 5.97 Å². The molecule has 1 fully saturated rings. The number of esters is 1. The Bertz CT molecular complexity index is 475. The SMILES string of the molecule is CC1(C)O[C@H](CCN)C[C@H](CC(=O)OCc2ccccc2)O1. The van der Waals surface area contributed by atoms with E-state index in [0.717, 1.165) is 12.0 Å². The van der Waals surface area contributed by atoms with E-state index in [1.807, 2.05) is 44.2 Å². The van der Waals surface area contributed by atoms with Crippen LogP contribution in [0.4, 0.5) is 0 Å². The molecule has 1 aromatic carbocycles. The Morgan fingerprint density at radius 2 is 1.95 bits per heavy atom. The summed E-state index contributed by atoms with van der Waals surface area (Å²) < 4.78 is 16.9. The highest BCUT2D eigenvalue weighted by atomic mass is 16.7. The van der Waals surface area contributed by atoms with Crippen LogP contribution in [0.15, 0.2) is 30.3 Å². The monoisotopic (exact) mass is 307 g/mol. The lowest BCUT2D eigenvalue weighted by Crippen LogP contribution is -2.45. The van der Waals surface area contributed by atoms with Crippen molar-refractivity contribution in [1.29, 1.82) is 0 Å². The Morgan fingerprint density at radius 3 is 2.64 bits per heavy atom. The number of hydrogen-bond donors (Lipinski definition) is 1. The molecule has 122 valence electrons. The summed E-state index contributed by atoms with van der Waals surface area (Å²) in [5, 5.41) is 0. The van der Waals surface area contributed by atoms with Crippen LogP contribution in [0.2, 0.25) is 0 Å². The molecule has 1 heterocycles. The summed E-state index contributed by atoms with van der Waals surface area (Å²) in [5.41, 5.74) is 6.57. The smallest absolute Gasteiger partial charge is 0.308 e. The van der Waals surface area contributed by atoms with Gasteiger partial charge in [-0.3, -0.25) is 4.79 Å². The van der Waals surface area contributed by atoms with Gasteiger partial charge in [-0.25, -0.2) is 0 Å². The van der Waals surface area contributed by atoms with Crippen LogP contribution in [0, 0.1) is 0 Å². The second-order valence-electron chi connectivity index (χ2n) is 6.04. The van der Waals surface area contributed by atoms with Crippen LogP contribution < -0.4 is 5.73 Å². The third kappa shape index (κ3) is 5.40. The standard InChI is InChI=1S/C17H25NO4/c1-17(2)21-14(8-9-18)10-15(22-17)11-16(19)20-12-13-6-4-3-5-7-13/h3-7,14-15H,8-12,18H2,1-2H3/t14-,15-/m1/s1. The van der Waals surface area contributed by atoms with Crippen molar-refractivity contribution in [3.05, 3.63) is 35.9 Å². The zero-order valence-electron chi connectivity index (χ0n) is 13.3. The maximum absolute atomic E-state index is 12.0. The first kappa shape index (κ1) is 16.9. The molecule has 5 nitrogen and oxygen atoms in total. The molecule has 22 heavy (non-hydrogen) atoms. The third-order valence-electron chi connectivity index (χ3n) is 3.55. The predicted molar refractivity (Wildman–Crippen MR) is 83.0 cm³/mol. The molecule has 0 saturated carbocycles. The number of benzene rings is 1. The van der Waals surface area contributed by atoms with Crippen LogP contribution in [0.5, 0.6) is 0 Å². The number of ether oxygens (including phenoxy) is 3. The Balaban J connectivity index is 1.82. The van der Waals surface area contributed by atoms with Crippen LogP contribution in [0.25, 0.3) is 0 Å². The largest absolute Gasteiger partial charge is 0.461 e. The van der Waals surface area contributed by atoms with Gasteiger partial charge in [0.25, 0.3) is 0 Å². The zero-order chi connectivity index (χ0) is 16.0. The molecule has 2 atom stereocenters. The van der Waals surface area contributed by atoms with Crippen molar-refractivity contribution in [1.82, 2.24) is 0 Å². The summed E-state index contributed by atoms with van der Waals surface area (Å²) in [6, 6.07) is 9.63. The maximum Gasteiger partial charge on any atom is 0.308 e. The lowest BCUT2D eigenvalue weighted by atomic mass is 10.0. The zero-order valence-corrected chi connectivity index (χ0v) is 13.3.